The summed E-state index contributed by atoms with van der Waals surface area (Å²) in [5.74, 6) is 0.349. The zero-order chi connectivity index (χ0) is 20.1. The molecule has 0 fully saturated rings. The van der Waals surface area contributed by atoms with Gasteiger partial charge in [-0.1, -0.05) is 42.5 Å². The maximum Gasteiger partial charge on any atom is 0.176 e. The van der Waals surface area contributed by atoms with Gasteiger partial charge in [0, 0.05) is 18.5 Å². The summed E-state index contributed by atoms with van der Waals surface area (Å²) < 4.78 is 16.9. The van der Waals surface area contributed by atoms with Crippen molar-refractivity contribution in [3.05, 3.63) is 96.2 Å². The van der Waals surface area contributed by atoms with Crippen LogP contribution in [0.15, 0.2) is 79.3 Å². The van der Waals surface area contributed by atoms with E-state index >= 15 is 0 Å². The van der Waals surface area contributed by atoms with Gasteiger partial charge in [-0.05, 0) is 35.5 Å². The first-order valence-electron chi connectivity index (χ1n) is 9.06. The van der Waals surface area contributed by atoms with Crippen LogP contribution in [0.1, 0.15) is 11.1 Å². The van der Waals surface area contributed by atoms with Gasteiger partial charge in [-0.25, -0.2) is 4.39 Å². The number of anilines is 2. The minimum atomic E-state index is -0.258. The van der Waals surface area contributed by atoms with Gasteiger partial charge in [0.1, 0.15) is 5.82 Å². The SMILES string of the molecule is Fc1cccc(Cn2ccc(NC(=S)Nc3cnn(Cc4ccccc4)c3)n2)c1. The Hall–Kier alpha value is -3.52. The van der Waals surface area contributed by atoms with Gasteiger partial charge in [-0.2, -0.15) is 10.2 Å². The fraction of sp³-hybridized carbons (Fsp3) is 0.0952. The van der Waals surface area contributed by atoms with Crippen molar-refractivity contribution in [3.63, 3.8) is 0 Å². The third kappa shape index (κ3) is 5.26. The number of hydrogen-bond acceptors (Lipinski definition) is 3. The maximum absolute atomic E-state index is 13.3. The van der Waals surface area contributed by atoms with Crippen LogP contribution in [0.25, 0.3) is 0 Å². The van der Waals surface area contributed by atoms with E-state index in [4.69, 9.17) is 12.2 Å². The number of thiocarbonyl (C=S) groups is 1. The van der Waals surface area contributed by atoms with Gasteiger partial charge >= 0.3 is 0 Å². The fourth-order valence-corrected chi connectivity index (χ4v) is 3.12. The standard InChI is InChI=1S/C21H19FN6S/c22-18-8-4-7-17(11-18)14-27-10-9-20(26-27)25-21(29)24-19-12-23-28(15-19)13-16-5-2-1-3-6-16/h1-12,15H,13-14H2,(H2,24,25,26,29). The number of rotatable bonds is 6. The van der Waals surface area contributed by atoms with Crippen LogP contribution < -0.4 is 10.6 Å². The Labute approximate surface area is 173 Å². The van der Waals surface area contributed by atoms with Crippen molar-refractivity contribution in [2.45, 2.75) is 13.1 Å². The molecule has 0 saturated carbocycles. The smallest absolute Gasteiger partial charge is 0.176 e. The monoisotopic (exact) mass is 406 g/mol. The van der Waals surface area contributed by atoms with Crippen molar-refractivity contribution in [2.24, 2.45) is 0 Å². The molecule has 146 valence electrons. The highest BCUT2D eigenvalue weighted by Gasteiger charge is 2.05. The molecule has 0 saturated heterocycles. The van der Waals surface area contributed by atoms with Crippen LogP contribution in [0.3, 0.4) is 0 Å². The van der Waals surface area contributed by atoms with Crippen LogP contribution in [0.5, 0.6) is 0 Å². The van der Waals surface area contributed by atoms with Crippen molar-refractivity contribution in [2.75, 3.05) is 10.6 Å². The largest absolute Gasteiger partial charge is 0.330 e. The van der Waals surface area contributed by atoms with E-state index in [0.29, 0.717) is 24.0 Å². The molecule has 4 aromatic rings. The van der Waals surface area contributed by atoms with E-state index in [1.807, 2.05) is 47.4 Å². The molecule has 0 aliphatic carbocycles. The van der Waals surface area contributed by atoms with Gasteiger partial charge in [0.05, 0.1) is 25.0 Å². The third-order valence-corrected chi connectivity index (χ3v) is 4.40. The van der Waals surface area contributed by atoms with Crippen molar-refractivity contribution >= 4 is 28.8 Å². The van der Waals surface area contributed by atoms with Crippen LogP contribution in [-0.4, -0.2) is 24.7 Å². The van der Waals surface area contributed by atoms with Crippen LogP contribution in [0, 0.1) is 5.82 Å². The molecule has 0 aliphatic rings. The molecule has 0 aliphatic heterocycles. The first-order chi connectivity index (χ1) is 14.1. The lowest BCUT2D eigenvalue weighted by atomic mass is 10.2. The Kier molecular flexibility index (Phi) is 5.62. The topological polar surface area (TPSA) is 59.7 Å². The van der Waals surface area contributed by atoms with E-state index in [0.717, 1.165) is 11.3 Å². The summed E-state index contributed by atoms with van der Waals surface area (Å²) >= 11 is 5.35. The predicted molar refractivity (Wildman–Crippen MR) is 115 cm³/mol. The molecule has 2 N–H and O–H groups in total. The molecule has 0 bridgehead atoms. The molecule has 0 atom stereocenters. The highest BCUT2D eigenvalue weighted by atomic mass is 32.1. The normalized spacial score (nSPS) is 10.7. The Bertz CT molecular complexity index is 1110. The van der Waals surface area contributed by atoms with Crippen LogP contribution >= 0.6 is 12.2 Å². The highest BCUT2D eigenvalue weighted by molar-refractivity contribution is 7.80. The average molecular weight is 406 g/mol. The molecule has 4 rings (SSSR count). The molecule has 2 aromatic carbocycles. The Morgan fingerprint density at radius 2 is 1.72 bits per heavy atom. The van der Waals surface area contributed by atoms with Gasteiger partial charge in [0.25, 0.3) is 0 Å². The Morgan fingerprint density at radius 1 is 0.931 bits per heavy atom. The zero-order valence-corrected chi connectivity index (χ0v) is 16.3. The molecular formula is C21H19FN6S. The van der Waals surface area contributed by atoms with E-state index in [-0.39, 0.29) is 5.82 Å². The summed E-state index contributed by atoms with van der Waals surface area (Å²) in [5.41, 5.74) is 2.80. The van der Waals surface area contributed by atoms with E-state index in [1.54, 1.807) is 16.9 Å². The van der Waals surface area contributed by atoms with Gasteiger partial charge in [-0.15, -0.1) is 0 Å². The van der Waals surface area contributed by atoms with E-state index < -0.39 is 0 Å². The fourth-order valence-electron chi connectivity index (χ4n) is 2.90. The average Bonchev–Trinajstić information content (AvgIpc) is 3.32. The van der Waals surface area contributed by atoms with E-state index in [2.05, 4.69) is 33.0 Å². The minimum Gasteiger partial charge on any atom is -0.330 e. The predicted octanol–water partition coefficient (Wildman–Crippen LogP) is 4.12. The first kappa shape index (κ1) is 18.8. The summed E-state index contributed by atoms with van der Waals surface area (Å²) in [5, 5.41) is 15.3. The minimum absolute atomic E-state index is 0.258. The van der Waals surface area contributed by atoms with Crippen molar-refractivity contribution in [1.29, 1.82) is 0 Å². The lowest BCUT2D eigenvalue weighted by Gasteiger charge is -2.06. The van der Waals surface area contributed by atoms with E-state index in [1.165, 1.54) is 17.7 Å². The lowest BCUT2D eigenvalue weighted by Crippen LogP contribution is -2.19. The first-order valence-corrected chi connectivity index (χ1v) is 9.47. The summed E-state index contributed by atoms with van der Waals surface area (Å²) in [6.07, 6.45) is 5.43. The molecule has 0 radical (unpaired) electrons. The second kappa shape index (κ2) is 8.66. The number of halogens is 1. The van der Waals surface area contributed by atoms with Gasteiger partial charge in [0.2, 0.25) is 0 Å². The molecule has 2 heterocycles. The van der Waals surface area contributed by atoms with E-state index in [9.17, 15) is 4.39 Å². The quantitative estimate of drug-likeness (QED) is 0.472. The highest BCUT2D eigenvalue weighted by Crippen LogP contribution is 2.11. The van der Waals surface area contributed by atoms with Crippen molar-refractivity contribution in [1.82, 2.24) is 19.6 Å². The number of hydrogen-bond donors (Lipinski definition) is 2. The second-order valence-electron chi connectivity index (χ2n) is 6.52. The van der Waals surface area contributed by atoms with Crippen molar-refractivity contribution < 1.29 is 4.39 Å². The molecule has 0 spiro atoms. The number of nitrogens with one attached hydrogen (secondary N) is 2. The van der Waals surface area contributed by atoms with Gasteiger partial charge < -0.3 is 10.6 Å². The summed E-state index contributed by atoms with van der Waals surface area (Å²) in [4.78, 5) is 0. The molecule has 0 amide bonds. The third-order valence-electron chi connectivity index (χ3n) is 4.19. The number of benzene rings is 2. The van der Waals surface area contributed by atoms with Crippen LogP contribution in [-0.2, 0) is 13.1 Å². The maximum atomic E-state index is 13.3. The lowest BCUT2D eigenvalue weighted by molar-refractivity contribution is 0.619. The summed E-state index contributed by atoms with van der Waals surface area (Å²) in [7, 11) is 0. The molecule has 29 heavy (non-hydrogen) atoms. The molecule has 2 aromatic heterocycles. The molecular weight excluding hydrogens is 387 g/mol. The Morgan fingerprint density at radius 3 is 2.55 bits per heavy atom. The molecule has 8 heteroatoms. The van der Waals surface area contributed by atoms with Gasteiger partial charge in [0.15, 0.2) is 10.9 Å². The summed E-state index contributed by atoms with van der Waals surface area (Å²) in [6, 6.07) is 18.4. The second-order valence-corrected chi connectivity index (χ2v) is 6.93. The zero-order valence-electron chi connectivity index (χ0n) is 15.5. The van der Waals surface area contributed by atoms with Crippen LogP contribution in [0.4, 0.5) is 15.9 Å². The molecule has 0 unspecified atom stereocenters. The number of aromatic nitrogens is 4. The Balaban J connectivity index is 1.31. The molecule has 6 nitrogen and oxygen atoms in total. The number of nitrogens with zero attached hydrogens (tertiary/aromatic N) is 4. The summed E-state index contributed by atoms with van der Waals surface area (Å²) in [6.45, 7) is 1.17. The van der Waals surface area contributed by atoms with Gasteiger partial charge in [-0.3, -0.25) is 9.36 Å². The van der Waals surface area contributed by atoms with Crippen molar-refractivity contribution in [3.8, 4) is 0 Å². The van der Waals surface area contributed by atoms with Crippen LogP contribution in [0.2, 0.25) is 0 Å².